The van der Waals surface area contributed by atoms with Gasteiger partial charge in [-0.15, -0.1) is 12.4 Å². The quantitative estimate of drug-likeness (QED) is 0.417. The van der Waals surface area contributed by atoms with Gasteiger partial charge in [0, 0.05) is 0 Å². The number of ether oxygens (including phenoxy) is 1. The number of nitrogens with zero attached hydrogens (tertiary/aromatic N) is 1. The fourth-order valence-corrected chi connectivity index (χ4v) is 0.123. The second kappa shape index (κ2) is 6.12. The lowest BCUT2D eigenvalue weighted by atomic mass is 10.6. The number of nitrogens with two attached hydrogens (primary N) is 1. The third-order valence-electron chi connectivity index (χ3n) is 0.443. The Balaban J connectivity index is 0. The second-order valence-electron chi connectivity index (χ2n) is 0.880. The number of nitriles is 1. The van der Waals surface area contributed by atoms with Crippen molar-refractivity contribution >= 4 is 12.4 Å². The Labute approximate surface area is 54.1 Å². The molecular weight excluding hydrogens is 128 g/mol. The highest BCUT2D eigenvalue weighted by Crippen LogP contribution is 1.77. The standard InChI is InChI=1S/C4H6N2O.ClH/c1-7-4(6)2-3-5;/h2H,6H2,1H3;1H/b4-2+;. The molecule has 0 aromatic carbocycles. The van der Waals surface area contributed by atoms with Crippen molar-refractivity contribution in [2.24, 2.45) is 5.73 Å². The summed E-state index contributed by atoms with van der Waals surface area (Å²) in [5.41, 5.74) is 5.00. The van der Waals surface area contributed by atoms with Gasteiger partial charge in [-0.25, -0.2) is 0 Å². The lowest BCUT2D eigenvalue weighted by molar-refractivity contribution is 0.288. The van der Waals surface area contributed by atoms with Crippen LogP contribution in [0, 0.1) is 11.3 Å². The van der Waals surface area contributed by atoms with Crippen LogP contribution in [0.2, 0.25) is 0 Å². The Hall–Kier alpha value is -0.880. The van der Waals surface area contributed by atoms with Gasteiger partial charge >= 0.3 is 0 Å². The first-order valence-electron chi connectivity index (χ1n) is 1.70. The lowest BCUT2D eigenvalue weighted by Gasteiger charge is -1.90. The second-order valence-corrected chi connectivity index (χ2v) is 0.880. The molecule has 0 fully saturated rings. The van der Waals surface area contributed by atoms with Gasteiger partial charge in [0.25, 0.3) is 0 Å². The smallest absolute Gasteiger partial charge is 0.194 e. The van der Waals surface area contributed by atoms with Crippen molar-refractivity contribution in [3.8, 4) is 6.07 Å². The zero-order chi connectivity index (χ0) is 5.70. The van der Waals surface area contributed by atoms with Crippen molar-refractivity contribution in [1.29, 1.82) is 5.26 Å². The number of allylic oxidation sites excluding steroid dienone is 1. The van der Waals surface area contributed by atoms with E-state index in [9.17, 15) is 0 Å². The minimum Gasteiger partial charge on any atom is -0.482 e. The zero-order valence-corrected chi connectivity index (χ0v) is 5.23. The molecule has 0 saturated carbocycles. The molecule has 0 saturated heterocycles. The molecule has 0 aromatic heterocycles. The monoisotopic (exact) mass is 134 g/mol. The number of rotatable bonds is 1. The molecular formula is C4H7ClN2O. The van der Waals surface area contributed by atoms with Crippen LogP contribution in [0.25, 0.3) is 0 Å². The summed E-state index contributed by atoms with van der Waals surface area (Å²) >= 11 is 0. The molecule has 4 heteroatoms. The van der Waals surface area contributed by atoms with Crippen LogP contribution in [0.1, 0.15) is 0 Å². The third-order valence-corrected chi connectivity index (χ3v) is 0.443. The molecule has 0 rings (SSSR count). The maximum Gasteiger partial charge on any atom is 0.194 e. The van der Waals surface area contributed by atoms with Crippen molar-refractivity contribution in [1.82, 2.24) is 0 Å². The maximum absolute atomic E-state index is 7.88. The van der Waals surface area contributed by atoms with Gasteiger partial charge in [-0.05, 0) is 0 Å². The first kappa shape index (κ1) is 10.2. The molecule has 0 radical (unpaired) electrons. The molecule has 0 amide bonds. The molecule has 0 aliphatic carbocycles. The first-order valence-corrected chi connectivity index (χ1v) is 1.70. The van der Waals surface area contributed by atoms with Crippen LogP contribution in [-0.4, -0.2) is 7.11 Å². The average Bonchev–Trinajstić information content (AvgIpc) is 1.68. The number of hydrogen-bond donors (Lipinski definition) is 1. The minimum atomic E-state index is 0. The number of methoxy groups -OCH3 is 1. The third kappa shape index (κ3) is 5.12. The predicted octanol–water partition coefficient (Wildman–Crippen LogP) is 0.378. The van der Waals surface area contributed by atoms with Crippen LogP contribution in [0.5, 0.6) is 0 Å². The fourth-order valence-electron chi connectivity index (χ4n) is 0.123. The van der Waals surface area contributed by atoms with E-state index in [4.69, 9.17) is 11.0 Å². The van der Waals surface area contributed by atoms with Gasteiger partial charge in [-0.3, -0.25) is 0 Å². The van der Waals surface area contributed by atoms with Crippen molar-refractivity contribution in [3.63, 3.8) is 0 Å². The van der Waals surface area contributed by atoms with Crippen LogP contribution in [0.15, 0.2) is 12.0 Å². The topological polar surface area (TPSA) is 59.0 Å². The molecule has 46 valence electrons. The van der Waals surface area contributed by atoms with E-state index in [-0.39, 0.29) is 18.3 Å². The first-order chi connectivity index (χ1) is 3.31. The normalized spacial score (nSPS) is 8.75. The molecule has 2 N–H and O–H groups in total. The van der Waals surface area contributed by atoms with E-state index < -0.39 is 0 Å². The molecule has 0 bridgehead atoms. The molecule has 0 heterocycles. The summed E-state index contributed by atoms with van der Waals surface area (Å²) in [5.74, 6) is 0.141. The van der Waals surface area contributed by atoms with Gasteiger partial charge in [0.1, 0.15) is 0 Å². The van der Waals surface area contributed by atoms with E-state index in [1.54, 1.807) is 6.07 Å². The van der Waals surface area contributed by atoms with E-state index in [2.05, 4.69) is 4.74 Å². The van der Waals surface area contributed by atoms with Crippen LogP contribution in [-0.2, 0) is 4.74 Å². The van der Waals surface area contributed by atoms with Crippen LogP contribution < -0.4 is 5.73 Å². The lowest BCUT2D eigenvalue weighted by Crippen LogP contribution is -1.97. The van der Waals surface area contributed by atoms with Gasteiger partial charge in [-0.1, -0.05) is 0 Å². The molecule has 0 aliphatic rings. The molecule has 0 aliphatic heterocycles. The predicted molar refractivity (Wildman–Crippen MR) is 32.1 cm³/mol. The van der Waals surface area contributed by atoms with E-state index in [1.807, 2.05) is 0 Å². The van der Waals surface area contributed by atoms with Crippen LogP contribution in [0.4, 0.5) is 0 Å². The van der Waals surface area contributed by atoms with Crippen molar-refractivity contribution in [2.45, 2.75) is 0 Å². The summed E-state index contributed by atoms with van der Waals surface area (Å²) in [7, 11) is 1.41. The highest BCUT2D eigenvalue weighted by Gasteiger charge is 1.76. The number of halogens is 1. The molecule has 0 spiro atoms. The Bertz CT molecular complexity index is 116. The summed E-state index contributed by atoms with van der Waals surface area (Å²) in [6.07, 6.45) is 1.12. The summed E-state index contributed by atoms with van der Waals surface area (Å²) in [6, 6.07) is 1.71. The Kier molecular flexibility index (Phi) is 7.78. The van der Waals surface area contributed by atoms with Crippen molar-refractivity contribution in [3.05, 3.63) is 12.0 Å². The van der Waals surface area contributed by atoms with Crippen LogP contribution in [0.3, 0.4) is 0 Å². The van der Waals surface area contributed by atoms with Gasteiger partial charge in [0.15, 0.2) is 5.88 Å². The Morgan fingerprint density at radius 3 is 2.50 bits per heavy atom. The van der Waals surface area contributed by atoms with Gasteiger partial charge in [0.05, 0.1) is 19.3 Å². The molecule has 0 unspecified atom stereocenters. The van der Waals surface area contributed by atoms with E-state index in [0.717, 1.165) is 6.08 Å². The van der Waals surface area contributed by atoms with E-state index in [0.29, 0.717) is 0 Å². The maximum atomic E-state index is 7.88. The van der Waals surface area contributed by atoms with Gasteiger partial charge in [-0.2, -0.15) is 5.26 Å². The van der Waals surface area contributed by atoms with Crippen molar-refractivity contribution in [2.75, 3.05) is 7.11 Å². The largest absolute Gasteiger partial charge is 0.482 e. The molecule has 3 nitrogen and oxygen atoms in total. The molecule has 8 heavy (non-hydrogen) atoms. The average molecular weight is 135 g/mol. The highest BCUT2D eigenvalue weighted by atomic mass is 35.5. The SMILES string of the molecule is CO/C(N)=C/C#N.Cl. The van der Waals surface area contributed by atoms with E-state index >= 15 is 0 Å². The molecule has 0 atom stereocenters. The highest BCUT2D eigenvalue weighted by molar-refractivity contribution is 5.85. The Morgan fingerprint density at radius 2 is 2.38 bits per heavy atom. The van der Waals surface area contributed by atoms with Crippen LogP contribution >= 0.6 is 12.4 Å². The summed E-state index contributed by atoms with van der Waals surface area (Å²) in [6.45, 7) is 0. The fraction of sp³-hybridized carbons (Fsp3) is 0.250. The summed E-state index contributed by atoms with van der Waals surface area (Å²) in [5, 5.41) is 7.88. The Morgan fingerprint density at radius 1 is 1.88 bits per heavy atom. The molecule has 0 aromatic rings. The zero-order valence-electron chi connectivity index (χ0n) is 4.42. The summed E-state index contributed by atoms with van der Waals surface area (Å²) in [4.78, 5) is 0. The van der Waals surface area contributed by atoms with Crippen molar-refractivity contribution < 1.29 is 4.74 Å². The summed E-state index contributed by atoms with van der Waals surface area (Å²) < 4.78 is 4.41. The minimum absolute atomic E-state index is 0. The van der Waals surface area contributed by atoms with Gasteiger partial charge in [0.2, 0.25) is 0 Å². The number of hydrogen-bond acceptors (Lipinski definition) is 3. The van der Waals surface area contributed by atoms with E-state index in [1.165, 1.54) is 7.11 Å². The van der Waals surface area contributed by atoms with Gasteiger partial charge < -0.3 is 10.5 Å².